The molecule has 0 radical (unpaired) electrons. The second-order valence-corrected chi connectivity index (χ2v) is 5.40. The minimum atomic E-state index is -0.520. The van der Waals surface area contributed by atoms with Gasteiger partial charge in [0.05, 0.1) is 4.92 Å². The van der Waals surface area contributed by atoms with Crippen LogP contribution in [0.25, 0.3) is 0 Å². The summed E-state index contributed by atoms with van der Waals surface area (Å²) in [6.45, 7) is 7.58. The number of nitro groups is 1. The van der Waals surface area contributed by atoms with Gasteiger partial charge in [0.1, 0.15) is 5.56 Å². The molecule has 0 aromatic heterocycles. The highest BCUT2D eigenvalue weighted by atomic mass is 16.6. The van der Waals surface area contributed by atoms with Gasteiger partial charge in [-0.15, -0.1) is 0 Å². The van der Waals surface area contributed by atoms with Gasteiger partial charge >= 0.3 is 0 Å². The largest absolute Gasteiger partial charge is 0.372 e. The summed E-state index contributed by atoms with van der Waals surface area (Å²) in [6, 6.07) is 12.2. The molecule has 0 spiro atoms. The summed E-state index contributed by atoms with van der Waals surface area (Å²) in [7, 11) is 0. The maximum absolute atomic E-state index is 12.4. The maximum atomic E-state index is 12.4. The molecule has 0 atom stereocenters. The van der Waals surface area contributed by atoms with E-state index >= 15 is 0 Å². The predicted octanol–water partition coefficient (Wildman–Crippen LogP) is 4.00. The van der Waals surface area contributed by atoms with Gasteiger partial charge in [0.15, 0.2) is 0 Å². The Morgan fingerprint density at radius 1 is 1.12 bits per heavy atom. The molecular formula is C18H21N3O3. The minimum Gasteiger partial charge on any atom is -0.372 e. The number of nitrogens with zero attached hydrogens (tertiary/aromatic N) is 2. The quantitative estimate of drug-likeness (QED) is 0.642. The van der Waals surface area contributed by atoms with Crippen molar-refractivity contribution in [3.05, 3.63) is 63.7 Å². The van der Waals surface area contributed by atoms with Crippen LogP contribution in [0.15, 0.2) is 42.5 Å². The van der Waals surface area contributed by atoms with Crippen LogP contribution in [0.5, 0.6) is 0 Å². The van der Waals surface area contributed by atoms with E-state index in [0.717, 1.165) is 18.8 Å². The molecular weight excluding hydrogens is 306 g/mol. The van der Waals surface area contributed by atoms with Gasteiger partial charge in [-0.1, -0.05) is 12.1 Å². The number of hydrogen-bond acceptors (Lipinski definition) is 4. The lowest BCUT2D eigenvalue weighted by Crippen LogP contribution is -2.21. The Balaban J connectivity index is 2.22. The number of para-hydroxylation sites is 1. The van der Waals surface area contributed by atoms with E-state index in [9.17, 15) is 14.9 Å². The number of amides is 1. The average molecular weight is 327 g/mol. The highest BCUT2D eigenvalue weighted by molar-refractivity contribution is 6.07. The van der Waals surface area contributed by atoms with Crippen LogP contribution in [0, 0.1) is 17.0 Å². The third-order valence-corrected chi connectivity index (χ3v) is 3.92. The number of rotatable bonds is 6. The molecule has 1 amide bonds. The topological polar surface area (TPSA) is 75.5 Å². The van der Waals surface area contributed by atoms with Crippen molar-refractivity contribution in [3.63, 3.8) is 0 Å². The zero-order valence-corrected chi connectivity index (χ0v) is 14.1. The van der Waals surface area contributed by atoms with Gasteiger partial charge in [0, 0.05) is 30.0 Å². The number of carbonyl (C=O) groups excluding carboxylic acids is 1. The molecule has 0 unspecified atom stereocenters. The van der Waals surface area contributed by atoms with Crippen LogP contribution >= 0.6 is 0 Å². The Morgan fingerprint density at radius 2 is 1.75 bits per heavy atom. The van der Waals surface area contributed by atoms with E-state index in [1.165, 1.54) is 6.07 Å². The first-order valence-electron chi connectivity index (χ1n) is 7.88. The van der Waals surface area contributed by atoms with E-state index in [-0.39, 0.29) is 11.3 Å². The molecule has 0 aliphatic carbocycles. The van der Waals surface area contributed by atoms with Gasteiger partial charge in [-0.2, -0.15) is 0 Å². The van der Waals surface area contributed by atoms with Crippen LogP contribution in [0.1, 0.15) is 29.8 Å². The third kappa shape index (κ3) is 3.71. The van der Waals surface area contributed by atoms with Crippen molar-refractivity contribution in [2.24, 2.45) is 0 Å². The SMILES string of the molecule is CCN(CC)c1ccc(NC(=O)c2cccc(C)c2[N+](=O)[O-])cc1. The number of benzene rings is 2. The summed E-state index contributed by atoms with van der Waals surface area (Å²) in [6.07, 6.45) is 0. The highest BCUT2D eigenvalue weighted by Crippen LogP contribution is 2.24. The first-order valence-corrected chi connectivity index (χ1v) is 7.88. The second-order valence-electron chi connectivity index (χ2n) is 5.40. The van der Waals surface area contributed by atoms with Gasteiger partial charge in [-0.05, 0) is 51.1 Å². The Hall–Kier alpha value is -2.89. The Bertz CT molecular complexity index is 738. The summed E-state index contributed by atoms with van der Waals surface area (Å²) >= 11 is 0. The van der Waals surface area contributed by atoms with Gasteiger partial charge in [0.25, 0.3) is 11.6 Å². The molecule has 0 aliphatic rings. The van der Waals surface area contributed by atoms with E-state index in [0.29, 0.717) is 11.3 Å². The summed E-state index contributed by atoms with van der Waals surface area (Å²) in [4.78, 5) is 25.3. The predicted molar refractivity (Wildman–Crippen MR) is 95.8 cm³/mol. The molecule has 24 heavy (non-hydrogen) atoms. The lowest BCUT2D eigenvalue weighted by Gasteiger charge is -2.21. The number of anilines is 2. The van der Waals surface area contributed by atoms with E-state index in [2.05, 4.69) is 24.1 Å². The van der Waals surface area contributed by atoms with Crippen molar-refractivity contribution in [1.29, 1.82) is 0 Å². The molecule has 1 N–H and O–H groups in total. The fourth-order valence-corrected chi connectivity index (χ4v) is 2.63. The molecule has 0 aliphatic heterocycles. The number of nitro benzene ring substituents is 1. The molecule has 2 aromatic rings. The Morgan fingerprint density at radius 3 is 2.29 bits per heavy atom. The lowest BCUT2D eigenvalue weighted by molar-refractivity contribution is -0.385. The summed E-state index contributed by atoms with van der Waals surface area (Å²) in [5.74, 6) is -0.485. The van der Waals surface area contributed by atoms with E-state index in [4.69, 9.17) is 0 Å². The Kier molecular flexibility index (Phi) is 5.52. The van der Waals surface area contributed by atoms with Crippen molar-refractivity contribution < 1.29 is 9.72 Å². The molecule has 2 rings (SSSR count). The van der Waals surface area contributed by atoms with Crippen LogP contribution < -0.4 is 10.2 Å². The fraction of sp³-hybridized carbons (Fsp3) is 0.278. The molecule has 0 fully saturated rings. The monoisotopic (exact) mass is 327 g/mol. The summed E-state index contributed by atoms with van der Waals surface area (Å²) in [5, 5.41) is 13.9. The molecule has 6 nitrogen and oxygen atoms in total. The molecule has 0 heterocycles. The number of hydrogen-bond donors (Lipinski definition) is 1. The standard InChI is InChI=1S/C18H21N3O3/c1-4-20(5-2)15-11-9-14(10-12-15)19-18(22)16-8-6-7-13(3)17(16)21(23)24/h6-12H,4-5H2,1-3H3,(H,19,22). The lowest BCUT2D eigenvalue weighted by atomic mass is 10.1. The normalized spacial score (nSPS) is 10.3. The van der Waals surface area contributed by atoms with Crippen LogP contribution in [0.3, 0.4) is 0 Å². The second kappa shape index (κ2) is 7.59. The van der Waals surface area contributed by atoms with Gasteiger partial charge in [-0.25, -0.2) is 0 Å². The van der Waals surface area contributed by atoms with Crippen LogP contribution in [0.2, 0.25) is 0 Å². The van der Waals surface area contributed by atoms with Crippen molar-refractivity contribution in [2.75, 3.05) is 23.3 Å². The minimum absolute atomic E-state index is 0.0628. The number of carbonyl (C=O) groups is 1. The Labute approximate surface area is 141 Å². The van der Waals surface area contributed by atoms with Gasteiger partial charge in [-0.3, -0.25) is 14.9 Å². The number of nitrogens with one attached hydrogen (secondary N) is 1. The first kappa shape index (κ1) is 17.5. The van der Waals surface area contributed by atoms with Crippen LogP contribution in [-0.2, 0) is 0 Å². The first-order chi connectivity index (χ1) is 11.5. The van der Waals surface area contributed by atoms with E-state index < -0.39 is 10.8 Å². The average Bonchev–Trinajstić information content (AvgIpc) is 2.56. The van der Waals surface area contributed by atoms with E-state index in [1.54, 1.807) is 31.2 Å². The summed E-state index contributed by atoms with van der Waals surface area (Å²) < 4.78 is 0. The van der Waals surface area contributed by atoms with Crippen molar-refractivity contribution >= 4 is 23.0 Å². The molecule has 2 aromatic carbocycles. The molecule has 0 saturated heterocycles. The molecule has 0 bridgehead atoms. The maximum Gasteiger partial charge on any atom is 0.285 e. The zero-order valence-electron chi connectivity index (χ0n) is 14.1. The van der Waals surface area contributed by atoms with Crippen molar-refractivity contribution in [1.82, 2.24) is 0 Å². The van der Waals surface area contributed by atoms with Gasteiger partial charge < -0.3 is 10.2 Å². The zero-order chi connectivity index (χ0) is 17.7. The van der Waals surface area contributed by atoms with Crippen LogP contribution in [0.4, 0.5) is 17.1 Å². The van der Waals surface area contributed by atoms with Gasteiger partial charge in [0.2, 0.25) is 0 Å². The van der Waals surface area contributed by atoms with Crippen LogP contribution in [-0.4, -0.2) is 23.9 Å². The van der Waals surface area contributed by atoms with E-state index in [1.807, 2.05) is 12.1 Å². The highest BCUT2D eigenvalue weighted by Gasteiger charge is 2.22. The fourth-order valence-electron chi connectivity index (χ4n) is 2.63. The molecule has 6 heteroatoms. The van der Waals surface area contributed by atoms with Crippen molar-refractivity contribution in [2.45, 2.75) is 20.8 Å². The number of aryl methyl sites for hydroxylation is 1. The smallest absolute Gasteiger partial charge is 0.285 e. The third-order valence-electron chi connectivity index (χ3n) is 3.92. The summed E-state index contributed by atoms with van der Waals surface area (Å²) in [5.41, 5.74) is 2.04. The van der Waals surface area contributed by atoms with Crippen molar-refractivity contribution in [3.8, 4) is 0 Å². The molecule has 126 valence electrons. The molecule has 0 saturated carbocycles.